The molecular weight excluding hydrogens is 290 g/mol. The maximum atomic E-state index is 9.10. The molecule has 1 atom stereocenters. The van der Waals surface area contributed by atoms with Crippen molar-refractivity contribution in [1.29, 1.82) is 5.26 Å². The van der Waals surface area contributed by atoms with Gasteiger partial charge in [0.15, 0.2) is 6.10 Å². The van der Waals surface area contributed by atoms with Crippen LogP contribution in [0, 0.1) is 18.3 Å². The molecule has 0 bridgehead atoms. The van der Waals surface area contributed by atoms with Crippen molar-refractivity contribution in [1.82, 2.24) is 10.2 Å². The van der Waals surface area contributed by atoms with Crippen LogP contribution in [0.25, 0.3) is 11.5 Å². The fraction of sp³-hybridized carbons (Fsp3) is 0.167. The number of hydrogen-bond acceptors (Lipinski definition) is 5. The number of hydrogen-bond donors (Lipinski definition) is 0. The quantitative estimate of drug-likeness (QED) is 0.727. The zero-order chi connectivity index (χ0) is 16.2. The van der Waals surface area contributed by atoms with Gasteiger partial charge in [0.2, 0.25) is 5.89 Å². The molecule has 23 heavy (non-hydrogen) atoms. The van der Waals surface area contributed by atoms with Gasteiger partial charge in [0.1, 0.15) is 11.8 Å². The van der Waals surface area contributed by atoms with E-state index in [-0.39, 0.29) is 0 Å². The highest BCUT2D eigenvalue weighted by Gasteiger charge is 2.17. The van der Waals surface area contributed by atoms with Gasteiger partial charge in [-0.05, 0) is 38.1 Å². The van der Waals surface area contributed by atoms with Crippen LogP contribution in [-0.4, -0.2) is 10.2 Å². The fourth-order valence-corrected chi connectivity index (χ4v) is 2.20. The Morgan fingerprint density at radius 1 is 1.13 bits per heavy atom. The number of aromatic nitrogens is 2. The van der Waals surface area contributed by atoms with Crippen molar-refractivity contribution in [2.75, 3.05) is 0 Å². The predicted molar refractivity (Wildman–Crippen MR) is 84.7 cm³/mol. The van der Waals surface area contributed by atoms with E-state index in [4.69, 9.17) is 14.4 Å². The van der Waals surface area contributed by atoms with Crippen LogP contribution in [0.5, 0.6) is 5.75 Å². The summed E-state index contributed by atoms with van der Waals surface area (Å²) in [6.45, 7) is 3.81. The van der Waals surface area contributed by atoms with Crippen molar-refractivity contribution in [3.63, 3.8) is 0 Å². The van der Waals surface area contributed by atoms with Crippen LogP contribution in [0.3, 0.4) is 0 Å². The number of aryl methyl sites for hydroxylation is 1. The van der Waals surface area contributed by atoms with Crippen LogP contribution in [0.2, 0.25) is 0 Å². The molecule has 114 valence electrons. The first-order valence-corrected chi connectivity index (χ1v) is 7.23. The molecule has 3 rings (SSSR count). The summed E-state index contributed by atoms with van der Waals surface area (Å²) in [6, 6.07) is 17.0. The summed E-state index contributed by atoms with van der Waals surface area (Å²) in [4.78, 5) is 0. The summed E-state index contributed by atoms with van der Waals surface area (Å²) in [5, 5.41) is 17.2. The van der Waals surface area contributed by atoms with Crippen LogP contribution in [0.1, 0.15) is 30.0 Å². The lowest BCUT2D eigenvalue weighted by Crippen LogP contribution is -2.04. The number of benzene rings is 2. The third-order valence-corrected chi connectivity index (χ3v) is 3.36. The molecule has 0 aliphatic carbocycles. The Kier molecular flexibility index (Phi) is 4.07. The number of rotatable bonds is 4. The third-order valence-electron chi connectivity index (χ3n) is 3.36. The van der Waals surface area contributed by atoms with Crippen molar-refractivity contribution in [3.8, 4) is 23.3 Å². The Morgan fingerprint density at radius 3 is 2.74 bits per heavy atom. The summed E-state index contributed by atoms with van der Waals surface area (Å²) in [5.41, 5.74) is 2.46. The van der Waals surface area contributed by atoms with Gasteiger partial charge in [0, 0.05) is 5.56 Å². The zero-order valence-corrected chi connectivity index (χ0v) is 12.9. The predicted octanol–water partition coefficient (Wildman–Crippen LogP) is 4.06. The SMILES string of the molecule is Cc1cccc(-c2nnc([C@H](C)Oc3ccccc3C#N)o2)c1. The van der Waals surface area contributed by atoms with E-state index in [1.54, 1.807) is 18.2 Å². The zero-order valence-electron chi connectivity index (χ0n) is 12.9. The van der Waals surface area contributed by atoms with Crippen LogP contribution < -0.4 is 4.74 Å². The van der Waals surface area contributed by atoms with Gasteiger partial charge in [0.25, 0.3) is 5.89 Å². The average Bonchev–Trinajstić information content (AvgIpc) is 3.05. The van der Waals surface area contributed by atoms with E-state index in [1.165, 1.54) is 0 Å². The lowest BCUT2D eigenvalue weighted by Gasteiger charge is -2.11. The molecule has 5 heteroatoms. The molecule has 0 fully saturated rings. The van der Waals surface area contributed by atoms with E-state index in [0.29, 0.717) is 23.1 Å². The second kappa shape index (κ2) is 6.32. The van der Waals surface area contributed by atoms with Gasteiger partial charge in [-0.1, -0.05) is 29.8 Å². The van der Waals surface area contributed by atoms with Gasteiger partial charge in [0.05, 0.1) is 5.56 Å². The molecule has 1 aromatic heterocycles. The maximum Gasteiger partial charge on any atom is 0.257 e. The van der Waals surface area contributed by atoms with Crippen molar-refractivity contribution >= 4 is 0 Å². The number of nitrogens with zero attached hydrogens (tertiary/aromatic N) is 3. The summed E-state index contributed by atoms with van der Waals surface area (Å²) >= 11 is 0. The Bertz CT molecular complexity index is 864. The smallest absolute Gasteiger partial charge is 0.257 e. The lowest BCUT2D eigenvalue weighted by molar-refractivity contribution is 0.189. The van der Waals surface area contributed by atoms with Crippen LogP contribution in [-0.2, 0) is 0 Å². The highest BCUT2D eigenvalue weighted by molar-refractivity contribution is 5.53. The van der Waals surface area contributed by atoms with Crippen molar-refractivity contribution in [3.05, 3.63) is 65.5 Å². The van der Waals surface area contributed by atoms with E-state index >= 15 is 0 Å². The minimum absolute atomic E-state index is 0.370. The van der Waals surface area contributed by atoms with Crippen molar-refractivity contribution in [2.45, 2.75) is 20.0 Å². The normalized spacial score (nSPS) is 11.7. The molecule has 0 aliphatic heterocycles. The fourth-order valence-electron chi connectivity index (χ4n) is 2.20. The van der Waals surface area contributed by atoms with Crippen LogP contribution in [0.4, 0.5) is 0 Å². The molecule has 2 aromatic carbocycles. The maximum absolute atomic E-state index is 9.10. The van der Waals surface area contributed by atoms with E-state index in [1.807, 2.05) is 44.2 Å². The topological polar surface area (TPSA) is 71.9 Å². The molecule has 0 N–H and O–H groups in total. The van der Waals surface area contributed by atoms with E-state index in [2.05, 4.69) is 16.3 Å². The third kappa shape index (κ3) is 3.22. The molecular formula is C18H15N3O2. The second-order valence-electron chi connectivity index (χ2n) is 5.18. The molecule has 0 unspecified atom stereocenters. The standard InChI is InChI=1S/C18H15N3O2/c1-12-6-5-8-14(10-12)18-21-20-17(23-18)13(2)22-16-9-4-3-7-15(16)11-19/h3-10,13H,1-2H3/t13-/m0/s1. The summed E-state index contributed by atoms with van der Waals surface area (Å²) in [6.07, 6.45) is -0.449. The molecule has 0 radical (unpaired) electrons. The molecule has 0 saturated carbocycles. The molecule has 3 aromatic rings. The number of nitriles is 1. The van der Waals surface area contributed by atoms with Gasteiger partial charge in [-0.15, -0.1) is 10.2 Å². The summed E-state index contributed by atoms with van der Waals surface area (Å²) < 4.78 is 11.5. The molecule has 0 spiro atoms. The van der Waals surface area contributed by atoms with Gasteiger partial charge in [-0.2, -0.15) is 5.26 Å². The molecule has 0 saturated heterocycles. The minimum Gasteiger partial charge on any atom is -0.480 e. The van der Waals surface area contributed by atoms with Crippen LogP contribution in [0.15, 0.2) is 52.9 Å². The van der Waals surface area contributed by atoms with E-state index < -0.39 is 6.10 Å². The Labute approximate surface area is 134 Å². The first kappa shape index (κ1) is 14.8. The molecule has 0 aliphatic rings. The second-order valence-corrected chi connectivity index (χ2v) is 5.18. The Balaban J connectivity index is 1.81. The largest absolute Gasteiger partial charge is 0.480 e. The Morgan fingerprint density at radius 2 is 1.96 bits per heavy atom. The molecule has 5 nitrogen and oxygen atoms in total. The van der Waals surface area contributed by atoms with Gasteiger partial charge in [-0.3, -0.25) is 0 Å². The lowest BCUT2D eigenvalue weighted by atomic mass is 10.1. The monoisotopic (exact) mass is 305 g/mol. The molecule has 0 amide bonds. The average molecular weight is 305 g/mol. The Hall–Kier alpha value is -3.13. The van der Waals surface area contributed by atoms with Gasteiger partial charge in [-0.25, -0.2) is 0 Å². The summed E-state index contributed by atoms with van der Waals surface area (Å²) in [7, 11) is 0. The van der Waals surface area contributed by atoms with E-state index in [9.17, 15) is 0 Å². The molecule has 1 heterocycles. The van der Waals surface area contributed by atoms with Crippen LogP contribution >= 0.6 is 0 Å². The highest BCUT2D eigenvalue weighted by Crippen LogP contribution is 2.26. The first-order chi connectivity index (χ1) is 11.2. The number of ether oxygens (including phenoxy) is 1. The number of para-hydroxylation sites is 1. The van der Waals surface area contributed by atoms with Crippen molar-refractivity contribution < 1.29 is 9.15 Å². The minimum atomic E-state index is -0.449. The highest BCUT2D eigenvalue weighted by atomic mass is 16.5. The summed E-state index contributed by atoms with van der Waals surface area (Å²) in [5.74, 6) is 1.32. The van der Waals surface area contributed by atoms with E-state index in [0.717, 1.165) is 11.1 Å². The van der Waals surface area contributed by atoms with Gasteiger partial charge >= 0.3 is 0 Å². The van der Waals surface area contributed by atoms with Gasteiger partial charge < -0.3 is 9.15 Å². The first-order valence-electron chi connectivity index (χ1n) is 7.23. The van der Waals surface area contributed by atoms with Crippen molar-refractivity contribution in [2.24, 2.45) is 0 Å².